The van der Waals surface area contributed by atoms with Gasteiger partial charge in [0.25, 0.3) is 0 Å². The standard InChI is InChI=1S/C16H24N2OS.ClH/c1-11-7-8-15(20-11)14-6-3-9-18(14)16(19)10-12-4-2-5-13(12)17;/h7-8,12-14H,2-6,9-10,17H2,1H3;1H/t12-,13+,14?;/m0./s1. The molecule has 2 aliphatic rings. The molecule has 1 saturated carbocycles. The molecule has 3 rings (SSSR count). The Kier molecular flexibility index (Phi) is 5.69. The fourth-order valence-electron chi connectivity index (χ4n) is 3.65. The zero-order valence-corrected chi connectivity index (χ0v) is 14.2. The lowest BCUT2D eigenvalue weighted by atomic mass is 9.99. The molecule has 3 atom stereocenters. The lowest BCUT2D eigenvalue weighted by Gasteiger charge is -2.26. The highest BCUT2D eigenvalue weighted by Crippen LogP contribution is 2.37. The highest BCUT2D eigenvalue weighted by Gasteiger charge is 2.34. The van der Waals surface area contributed by atoms with Crippen LogP contribution in [0.15, 0.2) is 12.1 Å². The monoisotopic (exact) mass is 328 g/mol. The van der Waals surface area contributed by atoms with Crippen LogP contribution < -0.4 is 5.73 Å². The van der Waals surface area contributed by atoms with Gasteiger partial charge in [0.2, 0.25) is 5.91 Å². The first kappa shape index (κ1) is 16.8. The van der Waals surface area contributed by atoms with Crippen molar-refractivity contribution >= 4 is 29.7 Å². The number of hydrogen-bond acceptors (Lipinski definition) is 3. The molecule has 2 N–H and O–H groups in total. The summed E-state index contributed by atoms with van der Waals surface area (Å²) in [5.41, 5.74) is 6.11. The maximum absolute atomic E-state index is 12.6. The smallest absolute Gasteiger partial charge is 0.223 e. The van der Waals surface area contributed by atoms with Crippen LogP contribution in [0.25, 0.3) is 0 Å². The number of amides is 1. The van der Waals surface area contributed by atoms with Gasteiger partial charge in [-0.2, -0.15) is 0 Å². The third-order valence-corrected chi connectivity index (χ3v) is 5.92. The van der Waals surface area contributed by atoms with Crippen LogP contribution in [0, 0.1) is 12.8 Å². The maximum atomic E-state index is 12.6. The van der Waals surface area contributed by atoms with E-state index in [1.54, 1.807) is 0 Å². The quantitative estimate of drug-likeness (QED) is 0.920. The van der Waals surface area contributed by atoms with E-state index < -0.39 is 0 Å². The van der Waals surface area contributed by atoms with E-state index in [-0.39, 0.29) is 18.4 Å². The molecule has 2 heterocycles. The van der Waals surface area contributed by atoms with Crippen molar-refractivity contribution in [3.63, 3.8) is 0 Å². The number of nitrogens with zero attached hydrogens (tertiary/aromatic N) is 1. The molecule has 1 amide bonds. The summed E-state index contributed by atoms with van der Waals surface area (Å²) >= 11 is 1.83. The summed E-state index contributed by atoms with van der Waals surface area (Å²) in [6, 6.07) is 4.91. The number of rotatable bonds is 3. The Hall–Kier alpha value is -0.580. The second-order valence-electron chi connectivity index (χ2n) is 6.25. The minimum absolute atomic E-state index is 0. The van der Waals surface area contributed by atoms with E-state index in [1.165, 1.54) is 16.2 Å². The molecule has 5 heteroatoms. The number of carbonyl (C=O) groups excluding carboxylic acids is 1. The van der Waals surface area contributed by atoms with E-state index >= 15 is 0 Å². The van der Waals surface area contributed by atoms with Gasteiger partial charge in [0.15, 0.2) is 0 Å². The van der Waals surface area contributed by atoms with Crippen molar-refractivity contribution in [2.45, 2.75) is 57.5 Å². The lowest BCUT2D eigenvalue weighted by molar-refractivity contribution is -0.133. The minimum Gasteiger partial charge on any atom is -0.335 e. The van der Waals surface area contributed by atoms with Crippen molar-refractivity contribution in [3.8, 4) is 0 Å². The number of aryl methyl sites for hydroxylation is 1. The van der Waals surface area contributed by atoms with Gasteiger partial charge in [-0.05, 0) is 50.7 Å². The van der Waals surface area contributed by atoms with Crippen molar-refractivity contribution in [2.75, 3.05) is 6.54 Å². The average molecular weight is 329 g/mol. The molecular weight excluding hydrogens is 304 g/mol. The molecule has 1 aliphatic carbocycles. The molecule has 21 heavy (non-hydrogen) atoms. The number of halogens is 1. The van der Waals surface area contributed by atoms with Crippen LogP contribution in [0.4, 0.5) is 0 Å². The molecule has 0 aromatic carbocycles. The summed E-state index contributed by atoms with van der Waals surface area (Å²) < 4.78 is 0. The van der Waals surface area contributed by atoms with Crippen LogP contribution in [0.5, 0.6) is 0 Å². The number of thiophene rings is 1. The van der Waals surface area contributed by atoms with Gasteiger partial charge in [-0.15, -0.1) is 23.7 Å². The van der Waals surface area contributed by atoms with E-state index in [0.29, 0.717) is 24.3 Å². The molecule has 2 fully saturated rings. The third kappa shape index (κ3) is 3.61. The molecule has 1 unspecified atom stereocenters. The molecular formula is C16H25ClN2OS. The second kappa shape index (κ2) is 7.12. The summed E-state index contributed by atoms with van der Waals surface area (Å²) in [6.07, 6.45) is 6.30. The Labute approximate surface area is 137 Å². The van der Waals surface area contributed by atoms with Crippen molar-refractivity contribution in [3.05, 3.63) is 21.9 Å². The predicted octanol–water partition coefficient (Wildman–Crippen LogP) is 3.66. The first-order chi connectivity index (χ1) is 9.65. The molecule has 0 radical (unpaired) electrons. The van der Waals surface area contributed by atoms with Gasteiger partial charge in [-0.25, -0.2) is 0 Å². The van der Waals surface area contributed by atoms with Crippen molar-refractivity contribution in [1.29, 1.82) is 0 Å². The van der Waals surface area contributed by atoms with E-state index in [1.807, 2.05) is 11.3 Å². The van der Waals surface area contributed by atoms with E-state index in [4.69, 9.17) is 5.73 Å². The number of hydrogen-bond donors (Lipinski definition) is 1. The van der Waals surface area contributed by atoms with Crippen LogP contribution in [0.2, 0.25) is 0 Å². The Morgan fingerprint density at radius 3 is 2.76 bits per heavy atom. The number of carbonyl (C=O) groups is 1. The molecule has 1 aliphatic heterocycles. The summed E-state index contributed by atoms with van der Waals surface area (Å²) in [5.74, 6) is 0.731. The highest BCUT2D eigenvalue weighted by atomic mass is 35.5. The van der Waals surface area contributed by atoms with Gasteiger partial charge >= 0.3 is 0 Å². The first-order valence-corrected chi connectivity index (χ1v) is 8.58. The molecule has 1 aromatic heterocycles. The van der Waals surface area contributed by atoms with E-state index in [0.717, 1.165) is 32.2 Å². The lowest BCUT2D eigenvalue weighted by Crippen LogP contribution is -2.34. The number of likely N-dealkylation sites (tertiary alicyclic amines) is 1. The van der Waals surface area contributed by atoms with Crippen LogP contribution >= 0.6 is 23.7 Å². The predicted molar refractivity (Wildman–Crippen MR) is 89.9 cm³/mol. The van der Waals surface area contributed by atoms with E-state index in [2.05, 4.69) is 24.0 Å². The van der Waals surface area contributed by atoms with Crippen molar-refractivity contribution in [1.82, 2.24) is 4.90 Å². The van der Waals surface area contributed by atoms with Crippen LogP contribution in [-0.4, -0.2) is 23.4 Å². The van der Waals surface area contributed by atoms with Gasteiger partial charge in [0, 0.05) is 28.8 Å². The Morgan fingerprint density at radius 2 is 2.14 bits per heavy atom. The minimum atomic E-state index is 0. The highest BCUT2D eigenvalue weighted by molar-refractivity contribution is 7.12. The van der Waals surface area contributed by atoms with Crippen LogP contribution in [-0.2, 0) is 4.79 Å². The van der Waals surface area contributed by atoms with Crippen LogP contribution in [0.3, 0.4) is 0 Å². The Morgan fingerprint density at radius 1 is 1.33 bits per heavy atom. The van der Waals surface area contributed by atoms with Gasteiger partial charge in [0.05, 0.1) is 6.04 Å². The zero-order valence-electron chi connectivity index (χ0n) is 12.6. The van der Waals surface area contributed by atoms with Gasteiger partial charge in [-0.1, -0.05) is 6.42 Å². The van der Waals surface area contributed by atoms with Gasteiger partial charge in [0.1, 0.15) is 0 Å². The fourth-order valence-corrected chi connectivity index (χ4v) is 4.68. The summed E-state index contributed by atoms with van der Waals surface area (Å²) in [7, 11) is 0. The first-order valence-electron chi connectivity index (χ1n) is 7.76. The SMILES string of the molecule is Cc1ccc(C2CCCN2C(=O)C[C@@H]2CCC[C@H]2N)s1.Cl. The van der Waals surface area contributed by atoms with Gasteiger partial charge < -0.3 is 10.6 Å². The largest absolute Gasteiger partial charge is 0.335 e. The molecule has 1 saturated heterocycles. The van der Waals surface area contributed by atoms with E-state index in [9.17, 15) is 4.79 Å². The zero-order chi connectivity index (χ0) is 14.1. The molecule has 1 aromatic rings. The Balaban J connectivity index is 0.00000161. The normalized spacial score (nSPS) is 28.7. The molecule has 3 nitrogen and oxygen atoms in total. The third-order valence-electron chi connectivity index (χ3n) is 4.82. The molecule has 0 spiro atoms. The molecule has 0 bridgehead atoms. The Bertz CT molecular complexity index is 490. The van der Waals surface area contributed by atoms with Crippen molar-refractivity contribution in [2.24, 2.45) is 11.7 Å². The maximum Gasteiger partial charge on any atom is 0.223 e. The number of nitrogens with two attached hydrogens (primary N) is 1. The average Bonchev–Trinajstić information content (AvgIpc) is 3.11. The molecule has 118 valence electrons. The summed E-state index contributed by atoms with van der Waals surface area (Å²) in [5, 5.41) is 0. The van der Waals surface area contributed by atoms with Crippen LogP contribution in [0.1, 0.15) is 54.3 Å². The summed E-state index contributed by atoms with van der Waals surface area (Å²) in [6.45, 7) is 3.05. The summed E-state index contributed by atoms with van der Waals surface area (Å²) in [4.78, 5) is 17.4. The fraction of sp³-hybridized carbons (Fsp3) is 0.688. The van der Waals surface area contributed by atoms with Crippen molar-refractivity contribution < 1.29 is 4.79 Å². The van der Waals surface area contributed by atoms with Gasteiger partial charge in [-0.3, -0.25) is 4.79 Å². The second-order valence-corrected chi connectivity index (χ2v) is 7.57. The topological polar surface area (TPSA) is 46.3 Å².